The summed E-state index contributed by atoms with van der Waals surface area (Å²) in [4.78, 5) is 30.4. The van der Waals surface area contributed by atoms with Crippen LogP contribution in [0.15, 0.2) is 24.4 Å². The lowest BCUT2D eigenvalue weighted by atomic mass is 9.87. The smallest absolute Gasteiger partial charge is 0.404 e. The molecule has 1 unspecified atom stereocenters. The first-order valence-electron chi connectivity index (χ1n) is 12.2. The number of carbonyl (C=O) groups is 1. The number of thiazole rings is 1. The van der Waals surface area contributed by atoms with E-state index in [-0.39, 0.29) is 23.6 Å². The van der Waals surface area contributed by atoms with Gasteiger partial charge in [0, 0.05) is 37.4 Å². The Balaban J connectivity index is 1.50. The quantitative estimate of drug-likeness (QED) is 0.249. The van der Waals surface area contributed by atoms with Gasteiger partial charge in [-0.25, -0.2) is 19.7 Å². The van der Waals surface area contributed by atoms with E-state index in [4.69, 9.17) is 4.98 Å². The van der Waals surface area contributed by atoms with E-state index in [0.29, 0.717) is 30.0 Å². The normalized spacial score (nSPS) is 19.1. The summed E-state index contributed by atoms with van der Waals surface area (Å²) in [6.07, 6.45) is 3.69. The molecule has 0 saturated heterocycles. The van der Waals surface area contributed by atoms with Gasteiger partial charge in [-0.3, -0.25) is 0 Å². The van der Waals surface area contributed by atoms with Gasteiger partial charge in [-0.15, -0.1) is 0 Å². The largest absolute Gasteiger partial charge is 0.465 e. The van der Waals surface area contributed by atoms with Crippen LogP contribution in [0.25, 0.3) is 10.3 Å². The highest BCUT2D eigenvalue weighted by Gasteiger charge is 2.26. The Kier molecular flexibility index (Phi) is 8.17. The second-order valence-corrected chi connectivity index (χ2v) is 11.2. The molecular weight excluding hydrogens is 480 g/mol. The zero-order valence-electron chi connectivity index (χ0n) is 20.8. The lowest BCUT2D eigenvalue weighted by Crippen LogP contribution is -2.49. The zero-order chi connectivity index (χ0) is 25.7. The number of aromatic nitrogens is 4. The minimum absolute atomic E-state index is 0.196. The average Bonchev–Trinajstić information content (AvgIpc) is 3.21. The van der Waals surface area contributed by atoms with Crippen LogP contribution < -0.4 is 21.3 Å². The maximum atomic E-state index is 11.2. The number of pyridine rings is 1. The number of aliphatic hydroxyl groups excluding tert-OH is 1. The van der Waals surface area contributed by atoms with Crippen LogP contribution in [-0.4, -0.2) is 61.0 Å². The van der Waals surface area contributed by atoms with Crippen molar-refractivity contribution >= 4 is 44.7 Å². The molecule has 1 aliphatic carbocycles. The average molecular weight is 515 g/mol. The predicted molar refractivity (Wildman–Crippen MR) is 141 cm³/mol. The fourth-order valence-electron chi connectivity index (χ4n) is 4.12. The van der Waals surface area contributed by atoms with Crippen LogP contribution in [0.2, 0.25) is 0 Å². The number of nitrogens with one attached hydrogen (secondary N) is 4. The summed E-state index contributed by atoms with van der Waals surface area (Å²) in [6.45, 7) is 6.88. The van der Waals surface area contributed by atoms with Crippen molar-refractivity contribution in [2.75, 3.05) is 17.2 Å². The van der Waals surface area contributed by atoms with E-state index in [1.807, 2.05) is 39.0 Å². The Morgan fingerprint density at radius 1 is 1.19 bits per heavy atom. The van der Waals surface area contributed by atoms with Crippen molar-refractivity contribution in [1.29, 1.82) is 0 Å². The SMILES string of the molecule is CC(C)(C)C(CNCc1cc(Nc2nc3cccnc3s2)nc(N[C@H]2CC[C@H](O)CC2)n1)NC(=O)O. The van der Waals surface area contributed by atoms with E-state index in [0.717, 1.165) is 41.7 Å². The molecule has 6 N–H and O–H groups in total. The minimum atomic E-state index is -1.04. The zero-order valence-corrected chi connectivity index (χ0v) is 21.6. The molecule has 1 amide bonds. The molecular formula is C24H34N8O3S. The summed E-state index contributed by atoms with van der Waals surface area (Å²) in [6, 6.07) is 5.56. The minimum Gasteiger partial charge on any atom is -0.465 e. The highest BCUT2D eigenvalue weighted by atomic mass is 32.1. The maximum absolute atomic E-state index is 11.2. The van der Waals surface area contributed by atoms with Gasteiger partial charge in [0.05, 0.1) is 11.8 Å². The Morgan fingerprint density at radius 3 is 2.67 bits per heavy atom. The fraction of sp³-hybridized carbons (Fsp3) is 0.542. The third-order valence-corrected chi connectivity index (χ3v) is 7.10. The summed E-state index contributed by atoms with van der Waals surface area (Å²) in [5.74, 6) is 1.11. The Labute approximate surface area is 214 Å². The van der Waals surface area contributed by atoms with Crippen molar-refractivity contribution in [3.63, 3.8) is 0 Å². The van der Waals surface area contributed by atoms with Gasteiger partial charge in [-0.2, -0.15) is 4.98 Å². The van der Waals surface area contributed by atoms with Crippen LogP contribution in [0, 0.1) is 5.41 Å². The van der Waals surface area contributed by atoms with E-state index < -0.39 is 6.09 Å². The molecule has 1 atom stereocenters. The molecule has 0 radical (unpaired) electrons. The molecule has 0 bridgehead atoms. The molecule has 1 saturated carbocycles. The van der Waals surface area contributed by atoms with Crippen LogP contribution in [0.4, 0.5) is 21.7 Å². The van der Waals surface area contributed by atoms with Crippen molar-refractivity contribution in [1.82, 2.24) is 30.6 Å². The number of carboxylic acid groups (broad SMARTS) is 1. The van der Waals surface area contributed by atoms with Gasteiger partial charge in [0.2, 0.25) is 5.95 Å². The molecule has 36 heavy (non-hydrogen) atoms. The van der Waals surface area contributed by atoms with E-state index in [2.05, 4.69) is 36.2 Å². The monoisotopic (exact) mass is 514 g/mol. The lowest BCUT2D eigenvalue weighted by Gasteiger charge is -2.30. The van der Waals surface area contributed by atoms with Gasteiger partial charge in [0.15, 0.2) is 5.13 Å². The van der Waals surface area contributed by atoms with Crippen molar-refractivity contribution in [2.24, 2.45) is 5.41 Å². The lowest BCUT2D eigenvalue weighted by molar-refractivity contribution is 0.126. The van der Waals surface area contributed by atoms with E-state index in [1.165, 1.54) is 11.3 Å². The van der Waals surface area contributed by atoms with Crippen molar-refractivity contribution in [2.45, 2.75) is 71.2 Å². The highest BCUT2D eigenvalue weighted by molar-refractivity contribution is 7.21. The van der Waals surface area contributed by atoms with Crippen LogP contribution in [-0.2, 0) is 6.54 Å². The molecule has 12 heteroatoms. The number of amides is 1. The molecule has 3 aromatic rings. The molecule has 0 spiro atoms. The first-order chi connectivity index (χ1) is 17.2. The molecule has 4 rings (SSSR count). The van der Waals surface area contributed by atoms with Gasteiger partial charge in [-0.1, -0.05) is 32.1 Å². The van der Waals surface area contributed by atoms with Crippen LogP contribution >= 0.6 is 11.3 Å². The molecule has 3 heterocycles. The summed E-state index contributed by atoms with van der Waals surface area (Å²) in [7, 11) is 0. The van der Waals surface area contributed by atoms with E-state index in [9.17, 15) is 15.0 Å². The number of hydrogen-bond donors (Lipinski definition) is 6. The highest BCUT2D eigenvalue weighted by Crippen LogP contribution is 2.27. The number of nitrogens with zero attached hydrogens (tertiary/aromatic N) is 4. The van der Waals surface area contributed by atoms with Crippen molar-refractivity contribution in [3.8, 4) is 0 Å². The third-order valence-electron chi connectivity index (χ3n) is 6.21. The predicted octanol–water partition coefficient (Wildman–Crippen LogP) is 3.71. The Hall–Kier alpha value is -3.09. The molecule has 3 aromatic heterocycles. The van der Waals surface area contributed by atoms with Crippen molar-refractivity contribution in [3.05, 3.63) is 30.1 Å². The Morgan fingerprint density at radius 2 is 1.97 bits per heavy atom. The molecule has 1 fully saturated rings. The van der Waals surface area contributed by atoms with Gasteiger partial charge in [-0.05, 0) is 43.2 Å². The summed E-state index contributed by atoms with van der Waals surface area (Å²) in [5, 5.41) is 32.4. The first-order valence-corrected chi connectivity index (χ1v) is 13.0. The van der Waals surface area contributed by atoms with Crippen LogP contribution in [0.1, 0.15) is 52.1 Å². The molecule has 11 nitrogen and oxygen atoms in total. The number of rotatable bonds is 9. The van der Waals surface area contributed by atoms with Gasteiger partial charge >= 0.3 is 6.09 Å². The number of fused-ring (bicyclic) bond motifs is 1. The summed E-state index contributed by atoms with van der Waals surface area (Å²) < 4.78 is 0. The number of aliphatic hydroxyl groups is 1. The third kappa shape index (κ3) is 7.21. The number of anilines is 3. The van der Waals surface area contributed by atoms with Gasteiger partial charge in [0.1, 0.15) is 16.2 Å². The summed E-state index contributed by atoms with van der Waals surface area (Å²) >= 11 is 1.45. The first kappa shape index (κ1) is 26.0. The second kappa shape index (κ2) is 11.3. The maximum Gasteiger partial charge on any atom is 0.404 e. The van der Waals surface area contributed by atoms with Gasteiger partial charge < -0.3 is 31.5 Å². The van der Waals surface area contributed by atoms with E-state index in [1.54, 1.807) is 6.20 Å². The van der Waals surface area contributed by atoms with E-state index >= 15 is 0 Å². The summed E-state index contributed by atoms with van der Waals surface area (Å²) in [5.41, 5.74) is 1.33. The topological polar surface area (TPSA) is 157 Å². The molecule has 1 aliphatic rings. The Bertz CT molecular complexity index is 1140. The molecule has 0 aromatic carbocycles. The van der Waals surface area contributed by atoms with Gasteiger partial charge in [0.25, 0.3) is 0 Å². The van der Waals surface area contributed by atoms with Crippen LogP contribution in [0.5, 0.6) is 0 Å². The second-order valence-electron chi connectivity index (χ2n) is 10.2. The van der Waals surface area contributed by atoms with Crippen LogP contribution in [0.3, 0.4) is 0 Å². The number of hydrogen-bond acceptors (Lipinski definition) is 10. The molecule has 0 aliphatic heterocycles. The standard InChI is InChI=1S/C24H34N8O3S/c1-24(2,3)18(30-23(34)35)13-25-12-15-11-19(32-22-29-17-5-4-10-26-20(17)36-22)31-21(28-15)27-14-6-8-16(33)9-7-14/h4-5,10-11,14,16,18,25,30,33H,6-9,12-13H2,1-3H3,(H,34,35)(H2,27,28,29,31,32)/t14-,16-,18?. The fourth-order valence-corrected chi connectivity index (χ4v) is 4.93. The molecule has 194 valence electrons. The van der Waals surface area contributed by atoms with Crippen molar-refractivity contribution < 1.29 is 15.0 Å².